The fourth-order valence-electron chi connectivity index (χ4n) is 3.39. The standard InChI is InChI=1S/C21H15Cl2N5O5/c1-32-10-27-5-4-11-6-13(2-3-14(11)20(27)30)33-18-15(22)7-12(8-16(18)23)28-21(31)25-19(29)17(9-24)26-28/h2-3,6-8H,4-5,10H2,1H3,(H,25,29,31). The number of H-pyrrole nitrogens is 1. The predicted octanol–water partition coefficient (Wildman–Crippen LogP) is 2.49. The zero-order valence-corrected chi connectivity index (χ0v) is 18.6. The molecule has 10 nitrogen and oxygen atoms in total. The van der Waals surface area contributed by atoms with E-state index in [9.17, 15) is 14.4 Å². The van der Waals surface area contributed by atoms with E-state index in [0.717, 1.165) is 10.2 Å². The fraction of sp³-hybridized carbons (Fsp3) is 0.190. The van der Waals surface area contributed by atoms with Gasteiger partial charge in [0.15, 0.2) is 5.75 Å². The largest absolute Gasteiger partial charge is 0.454 e. The summed E-state index contributed by atoms with van der Waals surface area (Å²) in [5.41, 5.74) is -0.732. The first-order valence-electron chi connectivity index (χ1n) is 9.54. The molecule has 1 aromatic heterocycles. The molecule has 33 heavy (non-hydrogen) atoms. The summed E-state index contributed by atoms with van der Waals surface area (Å²) in [6, 6.07) is 9.36. The van der Waals surface area contributed by atoms with Gasteiger partial charge in [-0.05, 0) is 42.3 Å². The van der Waals surface area contributed by atoms with Crippen molar-refractivity contribution in [3.05, 3.63) is 78.0 Å². The SMILES string of the molecule is COCN1CCc2cc(Oc3c(Cl)cc(-n4nc(C#N)c(=O)[nH]c4=O)cc3Cl)ccc2C1=O. The fourth-order valence-corrected chi connectivity index (χ4v) is 3.94. The number of nitriles is 1. The van der Waals surface area contributed by atoms with Crippen molar-refractivity contribution < 1.29 is 14.3 Å². The molecule has 0 saturated carbocycles. The molecule has 1 amide bonds. The van der Waals surface area contributed by atoms with Gasteiger partial charge >= 0.3 is 5.69 Å². The highest BCUT2D eigenvalue weighted by atomic mass is 35.5. The van der Waals surface area contributed by atoms with Gasteiger partial charge < -0.3 is 14.4 Å². The maximum atomic E-state index is 12.5. The molecule has 0 atom stereocenters. The molecule has 3 aromatic rings. The summed E-state index contributed by atoms with van der Waals surface area (Å²) >= 11 is 12.7. The number of rotatable bonds is 5. The molecule has 1 N–H and O–H groups in total. The second-order valence-electron chi connectivity index (χ2n) is 7.03. The van der Waals surface area contributed by atoms with E-state index in [4.69, 9.17) is 37.9 Å². The average molecular weight is 488 g/mol. The normalized spacial score (nSPS) is 12.9. The van der Waals surface area contributed by atoms with Crippen molar-refractivity contribution in [2.24, 2.45) is 0 Å². The summed E-state index contributed by atoms with van der Waals surface area (Å²) in [7, 11) is 1.53. The molecule has 2 heterocycles. The molecule has 0 aliphatic carbocycles. The third-order valence-corrected chi connectivity index (χ3v) is 5.47. The number of carbonyl (C=O) groups excluding carboxylic acids is 1. The Morgan fingerprint density at radius 1 is 1.18 bits per heavy atom. The lowest BCUT2D eigenvalue weighted by Gasteiger charge is -2.28. The van der Waals surface area contributed by atoms with E-state index in [1.54, 1.807) is 29.2 Å². The summed E-state index contributed by atoms with van der Waals surface area (Å²) < 4.78 is 11.7. The molecule has 1 aliphatic heterocycles. The van der Waals surface area contributed by atoms with Crippen LogP contribution in [0.2, 0.25) is 10.0 Å². The van der Waals surface area contributed by atoms with Gasteiger partial charge in [0.05, 0.1) is 15.7 Å². The Kier molecular flexibility index (Phi) is 6.20. The number of methoxy groups -OCH3 is 1. The maximum Gasteiger partial charge on any atom is 0.349 e. The molecular formula is C21H15Cl2N5O5. The maximum absolute atomic E-state index is 12.5. The lowest BCUT2D eigenvalue weighted by molar-refractivity contribution is 0.0399. The number of aromatic nitrogens is 3. The summed E-state index contributed by atoms with van der Waals surface area (Å²) in [5, 5.41) is 12.8. The van der Waals surface area contributed by atoms with Gasteiger partial charge in [0, 0.05) is 19.2 Å². The van der Waals surface area contributed by atoms with Crippen molar-refractivity contribution in [3.8, 4) is 23.3 Å². The Bertz CT molecular complexity index is 1400. The van der Waals surface area contributed by atoms with Crippen LogP contribution in [0.5, 0.6) is 11.5 Å². The van der Waals surface area contributed by atoms with E-state index in [-0.39, 0.29) is 34.1 Å². The average Bonchev–Trinajstić information content (AvgIpc) is 2.78. The van der Waals surface area contributed by atoms with Crippen molar-refractivity contribution in [2.45, 2.75) is 6.42 Å². The number of ether oxygens (including phenoxy) is 2. The van der Waals surface area contributed by atoms with Crippen molar-refractivity contribution in [2.75, 3.05) is 20.4 Å². The Hall–Kier alpha value is -3.65. The first-order chi connectivity index (χ1) is 15.8. The van der Waals surface area contributed by atoms with E-state index in [0.29, 0.717) is 24.3 Å². The quantitative estimate of drug-likeness (QED) is 0.584. The molecule has 168 valence electrons. The van der Waals surface area contributed by atoms with Crippen LogP contribution in [0.4, 0.5) is 0 Å². The molecule has 2 aromatic carbocycles. The van der Waals surface area contributed by atoms with Gasteiger partial charge in [-0.15, -0.1) is 5.10 Å². The van der Waals surface area contributed by atoms with Crippen LogP contribution in [0, 0.1) is 11.3 Å². The summed E-state index contributed by atoms with van der Waals surface area (Å²) in [5.74, 6) is 0.424. The lowest BCUT2D eigenvalue weighted by atomic mass is 9.99. The summed E-state index contributed by atoms with van der Waals surface area (Å²) in [4.78, 5) is 39.8. The highest BCUT2D eigenvalue weighted by Crippen LogP contribution is 2.38. The first kappa shape index (κ1) is 22.5. The van der Waals surface area contributed by atoms with E-state index in [2.05, 4.69) is 5.10 Å². The van der Waals surface area contributed by atoms with Crippen molar-refractivity contribution in [1.29, 1.82) is 5.26 Å². The first-order valence-corrected chi connectivity index (χ1v) is 10.3. The molecule has 0 saturated heterocycles. The van der Waals surface area contributed by atoms with Gasteiger partial charge in [-0.2, -0.15) is 9.94 Å². The van der Waals surface area contributed by atoms with Gasteiger partial charge in [0.1, 0.15) is 18.5 Å². The summed E-state index contributed by atoms with van der Waals surface area (Å²) in [6.07, 6.45) is 0.629. The molecule has 0 bridgehead atoms. The minimum absolute atomic E-state index is 0.0657. The molecule has 0 spiro atoms. The monoisotopic (exact) mass is 487 g/mol. The van der Waals surface area contributed by atoms with Crippen LogP contribution in [0.1, 0.15) is 21.6 Å². The number of hydrogen-bond donors (Lipinski definition) is 1. The Labute approximate surface area is 196 Å². The van der Waals surface area contributed by atoms with Crippen LogP contribution in [0.15, 0.2) is 39.9 Å². The van der Waals surface area contributed by atoms with E-state index >= 15 is 0 Å². The van der Waals surface area contributed by atoms with E-state index in [1.807, 2.05) is 4.98 Å². The Morgan fingerprint density at radius 3 is 2.58 bits per heavy atom. The number of amides is 1. The van der Waals surface area contributed by atoms with Crippen molar-refractivity contribution in [1.82, 2.24) is 19.7 Å². The minimum atomic E-state index is -0.896. The van der Waals surface area contributed by atoms with Crippen LogP contribution in [0.3, 0.4) is 0 Å². The smallest absolute Gasteiger partial charge is 0.349 e. The number of aromatic amines is 1. The molecule has 0 unspecified atom stereocenters. The Morgan fingerprint density at radius 2 is 1.91 bits per heavy atom. The van der Waals surface area contributed by atoms with Crippen LogP contribution in [-0.2, 0) is 11.2 Å². The third kappa shape index (κ3) is 4.34. The summed E-state index contributed by atoms with van der Waals surface area (Å²) in [6.45, 7) is 0.738. The minimum Gasteiger partial charge on any atom is -0.454 e. The lowest BCUT2D eigenvalue weighted by Crippen LogP contribution is -2.38. The van der Waals surface area contributed by atoms with Crippen LogP contribution in [0.25, 0.3) is 5.69 Å². The highest BCUT2D eigenvalue weighted by molar-refractivity contribution is 6.37. The Balaban J connectivity index is 1.65. The molecule has 0 fully saturated rings. The zero-order chi connectivity index (χ0) is 23.7. The number of benzene rings is 2. The topological polar surface area (TPSA) is 130 Å². The van der Waals surface area contributed by atoms with Gasteiger partial charge in [-0.1, -0.05) is 23.2 Å². The van der Waals surface area contributed by atoms with Gasteiger partial charge in [0.25, 0.3) is 11.5 Å². The number of nitrogens with one attached hydrogen (secondary N) is 1. The molecule has 12 heteroatoms. The van der Waals surface area contributed by atoms with Gasteiger partial charge in [-0.25, -0.2) is 4.79 Å². The third-order valence-electron chi connectivity index (χ3n) is 4.91. The van der Waals surface area contributed by atoms with Crippen LogP contribution >= 0.6 is 23.2 Å². The number of fused-ring (bicyclic) bond motifs is 1. The highest BCUT2D eigenvalue weighted by Gasteiger charge is 2.25. The molecular weight excluding hydrogens is 473 g/mol. The van der Waals surface area contributed by atoms with Crippen molar-refractivity contribution >= 4 is 29.1 Å². The van der Waals surface area contributed by atoms with Gasteiger partial charge in [0.2, 0.25) is 5.69 Å². The molecule has 4 rings (SSSR count). The van der Waals surface area contributed by atoms with Gasteiger partial charge in [-0.3, -0.25) is 14.6 Å². The molecule has 0 radical (unpaired) electrons. The van der Waals surface area contributed by atoms with Crippen LogP contribution in [-0.4, -0.2) is 46.0 Å². The second kappa shape index (κ2) is 9.07. The van der Waals surface area contributed by atoms with E-state index in [1.165, 1.54) is 19.2 Å². The number of halogens is 2. The second-order valence-corrected chi connectivity index (χ2v) is 7.84. The zero-order valence-electron chi connectivity index (χ0n) is 17.1. The molecule has 1 aliphatic rings. The number of carbonyl (C=O) groups is 1. The number of hydrogen-bond acceptors (Lipinski definition) is 7. The van der Waals surface area contributed by atoms with Crippen molar-refractivity contribution in [3.63, 3.8) is 0 Å². The van der Waals surface area contributed by atoms with E-state index < -0.39 is 16.9 Å². The van der Waals surface area contributed by atoms with Crippen LogP contribution < -0.4 is 16.0 Å². The number of nitrogens with zero attached hydrogens (tertiary/aromatic N) is 4. The predicted molar refractivity (Wildman–Crippen MR) is 118 cm³/mol.